The van der Waals surface area contributed by atoms with Gasteiger partial charge in [0, 0.05) is 12.7 Å². The summed E-state index contributed by atoms with van der Waals surface area (Å²) in [5.74, 6) is -0.0512. The summed E-state index contributed by atoms with van der Waals surface area (Å²) in [5.41, 5.74) is 2.92. The van der Waals surface area contributed by atoms with E-state index in [0.717, 1.165) is 16.6 Å². The second kappa shape index (κ2) is 7.31. The lowest BCUT2D eigenvalue weighted by atomic mass is 10.2. The molecule has 0 aliphatic heterocycles. The number of carbonyl (C=O) groups is 1. The number of rotatable bonds is 4. The van der Waals surface area contributed by atoms with Crippen LogP contribution >= 0.6 is 34.8 Å². The number of ether oxygens (including phenoxy) is 1. The summed E-state index contributed by atoms with van der Waals surface area (Å²) >= 11 is 17.9. The van der Waals surface area contributed by atoms with Crippen molar-refractivity contribution < 1.29 is 9.53 Å². The molecule has 0 spiro atoms. The Labute approximate surface area is 165 Å². The molecule has 0 fully saturated rings. The fourth-order valence-electron chi connectivity index (χ4n) is 2.59. The summed E-state index contributed by atoms with van der Waals surface area (Å²) in [6.45, 7) is 3.62. The molecule has 0 aliphatic carbocycles. The predicted octanol–water partition coefficient (Wildman–Crippen LogP) is 4.56. The van der Waals surface area contributed by atoms with Gasteiger partial charge in [0.05, 0.1) is 26.1 Å². The van der Waals surface area contributed by atoms with Crippen LogP contribution in [0.25, 0.3) is 11.0 Å². The number of pyridine rings is 1. The summed E-state index contributed by atoms with van der Waals surface area (Å²) in [6.07, 6.45) is 0. The first kappa shape index (κ1) is 18.8. The monoisotopic (exact) mass is 412 g/mol. The summed E-state index contributed by atoms with van der Waals surface area (Å²) < 4.78 is 7.23. The van der Waals surface area contributed by atoms with Gasteiger partial charge in [-0.1, -0.05) is 34.8 Å². The largest absolute Gasteiger partial charge is 0.466 e. The topological polar surface area (TPSA) is 69.0 Å². The minimum absolute atomic E-state index is 0.240. The third kappa shape index (κ3) is 3.72. The molecule has 3 aromatic rings. The third-order valence-electron chi connectivity index (χ3n) is 3.71. The van der Waals surface area contributed by atoms with Gasteiger partial charge in [0.1, 0.15) is 0 Å². The molecule has 0 atom stereocenters. The maximum atomic E-state index is 12.2. The van der Waals surface area contributed by atoms with Crippen LogP contribution in [0.2, 0.25) is 15.1 Å². The summed E-state index contributed by atoms with van der Waals surface area (Å²) in [7, 11) is 1.77. The Bertz CT molecular complexity index is 1020. The van der Waals surface area contributed by atoms with Crippen molar-refractivity contribution >= 4 is 57.4 Å². The minimum atomic E-state index is -0.401. The number of anilines is 1. The lowest BCUT2D eigenvalue weighted by Gasteiger charge is -2.09. The highest BCUT2D eigenvalue weighted by Crippen LogP contribution is 2.32. The molecule has 0 radical (unpaired) electrons. The number of aromatic nitrogens is 3. The third-order valence-corrected chi connectivity index (χ3v) is 4.75. The first-order valence-electron chi connectivity index (χ1n) is 7.64. The van der Waals surface area contributed by atoms with E-state index in [1.165, 1.54) is 12.1 Å². The zero-order chi connectivity index (χ0) is 19.0. The molecule has 0 saturated heterocycles. The van der Waals surface area contributed by atoms with E-state index in [0.29, 0.717) is 27.3 Å². The van der Waals surface area contributed by atoms with E-state index >= 15 is 0 Å². The molecule has 0 unspecified atom stereocenters. The van der Waals surface area contributed by atoms with E-state index in [2.05, 4.69) is 15.4 Å². The minimum Gasteiger partial charge on any atom is -0.466 e. The van der Waals surface area contributed by atoms with Crippen LogP contribution in [0.1, 0.15) is 11.3 Å². The van der Waals surface area contributed by atoms with Gasteiger partial charge in [-0.15, -0.1) is 5.10 Å². The SMILES string of the molecule is Cc1cc(C)c2c(OCC(=O)Nc3cc(Cl)c(Cl)cc3Cl)nn(C)c2n1. The normalized spacial score (nSPS) is 11.0. The fourth-order valence-corrected chi connectivity index (χ4v) is 3.18. The average molecular weight is 414 g/mol. The highest BCUT2D eigenvalue weighted by atomic mass is 35.5. The van der Waals surface area contributed by atoms with Crippen molar-refractivity contribution in [1.82, 2.24) is 14.8 Å². The first-order chi connectivity index (χ1) is 12.3. The molecule has 6 nitrogen and oxygen atoms in total. The number of nitrogens with zero attached hydrogens (tertiary/aromatic N) is 3. The van der Waals surface area contributed by atoms with Crippen molar-refractivity contribution in [1.29, 1.82) is 0 Å². The molecule has 1 aromatic carbocycles. The number of hydrogen-bond donors (Lipinski definition) is 1. The highest BCUT2D eigenvalue weighted by molar-refractivity contribution is 6.44. The van der Waals surface area contributed by atoms with Crippen LogP contribution in [0.15, 0.2) is 18.2 Å². The zero-order valence-electron chi connectivity index (χ0n) is 14.2. The Hall–Kier alpha value is -2.02. The van der Waals surface area contributed by atoms with Gasteiger partial charge in [0.15, 0.2) is 12.3 Å². The molecule has 3 rings (SSSR count). The number of nitrogens with one attached hydrogen (secondary N) is 1. The Balaban J connectivity index is 1.76. The highest BCUT2D eigenvalue weighted by Gasteiger charge is 2.16. The van der Waals surface area contributed by atoms with Crippen molar-refractivity contribution in [2.45, 2.75) is 13.8 Å². The van der Waals surface area contributed by atoms with Crippen molar-refractivity contribution in [2.75, 3.05) is 11.9 Å². The summed E-state index contributed by atoms with van der Waals surface area (Å²) in [5, 5.41) is 8.60. The maximum Gasteiger partial charge on any atom is 0.262 e. The number of benzene rings is 1. The number of amides is 1. The molecule has 9 heteroatoms. The number of aryl methyl sites for hydroxylation is 3. The smallest absolute Gasteiger partial charge is 0.262 e. The molecule has 0 bridgehead atoms. The molecule has 136 valence electrons. The molecule has 2 aromatic heterocycles. The number of fused-ring (bicyclic) bond motifs is 1. The molecular weight excluding hydrogens is 399 g/mol. The molecule has 0 aliphatic rings. The molecular formula is C17H15Cl3N4O2. The van der Waals surface area contributed by atoms with Gasteiger partial charge in [0.25, 0.3) is 5.91 Å². The van der Waals surface area contributed by atoms with Gasteiger partial charge in [-0.05, 0) is 37.6 Å². The predicted molar refractivity (Wildman–Crippen MR) is 104 cm³/mol. The van der Waals surface area contributed by atoms with Crippen LogP contribution in [-0.4, -0.2) is 27.3 Å². The van der Waals surface area contributed by atoms with Gasteiger partial charge in [-0.3, -0.25) is 4.79 Å². The lowest BCUT2D eigenvalue weighted by Crippen LogP contribution is -2.20. The van der Waals surface area contributed by atoms with Gasteiger partial charge >= 0.3 is 0 Å². The van der Waals surface area contributed by atoms with Crippen molar-refractivity contribution in [3.8, 4) is 5.88 Å². The Morgan fingerprint density at radius 2 is 1.85 bits per heavy atom. The molecule has 0 saturated carbocycles. The summed E-state index contributed by atoms with van der Waals surface area (Å²) in [6, 6.07) is 4.88. The Kier molecular flexibility index (Phi) is 5.27. The Morgan fingerprint density at radius 1 is 1.15 bits per heavy atom. The van der Waals surface area contributed by atoms with Crippen LogP contribution in [0, 0.1) is 13.8 Å². The summed E-state index contributed by atoms with van der Waals surface area (Å²) in [4.78, 5) is 16.7. The van der Waals surface area contributed by atoms with E-state index in [4.69, 9.17) is 39.5 Å². The van der Waals surface area contributed by atoms with E-state index in [1.54, 1.807) is 11.7 Å². The lowest BCUT2D eigenvalue weighted by molar-refractivity contribution is -0.118. The van der Waals surface area contributed by atoms with Crippen molar-refractivity contribution in [2.24, 2.45) is 7.05 Å². The van der Waals surface area contributed by atoms with Crippen LogP contribution in [0.5, 0.6) is 5.88 Å². The number of hydrogen-bond acceptors (Lipinski definition) is 4. The van der Waals surface area contributed by atoms with E-state index < -0.39 is 5.91 Å². The van der Waals surface area contributed by atoms with Crippen LogP contribution < -0.4 is 10.1 Å². The van der Waals surface area contributed by atoms with Crippen molar-refractivity contribution in [3.05, 3.63) is 44.5 Å². The molecule has 1 amide bonds. The molecule has 2 heterocycles. The van der Waals surface area contributed by atoms with E-state index in [1.807, 2.05) is 19.9 Å². The van der Waals surface area contributed by atoms with Gasteiger partial charge in [0.2, 0.25) is 5.88 Å². The van der Waals surface area contributed by atoms with Crippen LogP contribution in [0.3, 0.4) is 0 Å². The van der Waals surface area contributed by atoms with E-state index in [-0.39, 0.29) is 11.6 Å². The fraction of sp³-hybridized carbons (Fsp3) is 0.235. The second-order valence-corrected chi connectivity index (χ2v) is 7.01. The van der Waals surface area contributed by atoms with E-state index in [9.17, 15) is 4.79 Å². The van der Waals surface area contributed by atoms with Crippen LogP contribution in [0.4, 0.5) is 5.69 Å². The molecule has 26 heavy (non-hydrogen) atoms. The quantitative estimate of drug-likeness (QED) is 0.636. The average Bonchev–Trinajstić information content (AvgIpc) is 2.87. The van der Waals surface area contributed by atoms with Crippen molar-refractivity contribution in [3.63, 3.8) is 0 Å². The van der Waals surface area contributed by atoms with Gasteiger partial charge < -0.3 is 10.1 Å². The second-order valence-electron chi connectivity index (χ2n) is 5.79. The maximum absolute atomic E-state index is 12.2. The standard InChI is InChI=1S/C17H15Cl3N4O2/c1-8-4-9(2)21-16-15(8)17(23-24(16)3)26-7-14(25)22-13-6-11(19)10(18)5-12(13)20/h4-6H,7H2,1-3H3,(H,22,25). The first-order valence-corrected chi connectivity index (χ1v) is 8.78. The van der Waals surface area contributed by atoms with Gasteiger partial charge in [-0.2, -0.15) is 0 Å². The van der Waals surface area contributed by atoms with Gasteiger partial charge in [-0.25, -0.2) is 9.67 Å². The Morgan fingerprint density at radius 3 is 2.58 bits per heavy atom. The zero-order valence-corrected chi connectivity index (χ0v) is 16.5. The van der Waals surface area contributed by atoms with Crippen LogP contribution in [-0.2, 0) is 11.8 Å². The number of carbonyl (C=O) groups excluding carboxylic acids is 1. The number of halogens is 3. The molecule has 1 N–H and O–H groups in total.